The summed E-state index contributed by atoms with van der Waals surface area (Å²) < 4.78 is 26.6. The third-order valence-corrected chi connectivity index (χ3v) is 2.48. The molecule has 0 saturated carbocycles. The predicted molar refractivity (Wildman–Crippen MR) is 46.8 cm³/mol. The molecule has 0 atom stereocenters. The Morgan fingerprint density at radius 3 is 2.54 bits per heavy atom. The molecule has 0 radical (unpaired) electrons. The molecular formula is C10H11F2N. The molecule has 1 aliphatic rings. The van der Waals surface area contributed by atoms with Gasteiger partial charge >= 0.3 is 0 Å². The van der Waals surface area contributed by atoms with Gasteiger partial charge in [-0.1, -0.05) is 6.07 Å². The highest BCUT2D eigenvalue weighted by Gasteiger charge is 2.39. The molecule has 1 N–H and O–H groups in total. The monoisotopic (exact) mass is 183 g/mol. The smallest absolute Gasteiger partial charge is 0.160 e. The number of aryl methyl sites for hydroxylation is 1. The fraction of sp³-hybridized carbons (Fsp3) is 0.400. The second-order valence-electron chi connectivity index (χ2n) is 3.53. The Morgan fingerprint density at radius 2 is 2.08 bits per heavy atom. The minimum atomic E-state index is -1.28. The third kappa shape index (κ3) is 1.33. The van der Waals surface area contributed by atoms with Crippen molar-refractivity contribution in [3.8, 4) is 0 Å². The van der Waals surface area contributed by atoms with Crippen LogP contribution in [-0.2, 0) is 5.67 Å². The second-order valence-corrected chi connectivity index (χ2v) is 3.53. The molecule has 0 aliphatic carbocycles. The van der Waals surface area contributed by atoms with Crippen LogP contribution in [0.4, 0.5) is 8.78 Å². The number of halogens is 2. The minimum absolute atomic E-state index is 0.308. The molecule has 0 unspecified atom stereocenters. The van der Waals surface area contributed by atoms with Crippen LogP contribution in [0.15, 0.2) is 18.2 Å². The summed E-state index contributed by atoms with van der Waals surface area (Å²) in [6, 6.07) is 4.21. The Balaban J connectivity index is 2.40. The van der Waals surface area contributed by atoms with Crippen molar-refractivity contribution in [3.63, 3.8) is 0 Å². The van der Waals surface area contributed by atoms with Crippen LogP contribution in [0.2, 0.25) is 0 Å². The quantitative estimate of drug-likeness (QED) is 0.701. The lowest BCUT2D eigenvalue weighted by atomic mass is 9.87. The van der Waals surface area contributed by atoms with E-state index in [1.54, 1.807) is 6.92 Å². The zero-order valence-electron chi connectivity index (χ0n) is 7.40. The number of alkyl halides is 1. The Morgan fingerprint density at radius 1 is 1.38 bits per heavy atom. The summed E-state index contributed by atoms with van der Waals surface area (Å²) >= 11 is 0. The average molecular weight is 183 g/mol. The molecule has 3 heteroatoms. The predicted octanol–water partition coefficient (Wildman–Crippen LogP) is 1.90. The van der Waals surface area contributed by atoms with Crippen molar-refractivity contribution in [2.45, 2.75) is 12.6 Å². The largest absolute Gasteiger partial charge is 0.310 e. The summed E-state index contributed by atoms with van der Waals surface area (Å²) in [5.41, 5.74) is 0.00859. The van der Waals surface area contributed by atoms with Gasteiger partial charge in [-0.15, -0.1) is 0 Å². The zero-order chi connectivity index (χ0) is 9.47. The normalized spacial score (nSPS) is 19.6. The summed E-state index contributed by atoms with van der Waals surface area (Å²) in [6.45, 7) is 2.40. The number of hydrogen-bond acceptors (Lipinski definition) is 1. The molecule has 1 aromatic carbocycles. The van der Waals surface area contributed by atoms with Gasteiger partial charge in [-0.2, -0.15) is 0 Å². The van der Waals surface area contributed by atoms with Gasteiger partial charge in [0.25, 0.3) is 0 Å². The van der Waals surface area contributed by atoms with Crippen molar-refractivity contribution >= 4 is 0 Å². The summed E-state index contributed by atoms with van der Waals surface area (Å²) in [5, 5.41) is 2.87. The molecule has 0 aromatic heterocycles. The number of rotatable bonds is 1. The molecule has 1 saturated heterocycles. The molecule has 1 nitrogen and oxygen atoms in total. The Kier molecular flexibility index (Phi) is 1.84. The first-order valence-corrected chi connectivity index (χ1v) is 4.28. The maximum atomic E-state index is 13.8. The summed E-state index contributed by atoms with van der Waals surface area (Å²) in [6.07, 6.45) is 0. The molecule has 13 heavy (non-hydrogen) atoms. The van der Waals surface area contributed by atoms with Crippen molar-refractivity contribution in [1.29, 1.82) is 0 Å². The van der Waals surface area contributed by atoms with E-state index in [9.17, 15) is 8.78 Å². The molecule has 1 aromatic rings. The topological polar surface area (TPSA) is 12.0 Å². The van der Waals surface area contributed by atoms with Crippen molar-refractivity contribution in [3.05, 3.63) is 35.1 Å². The van der Waals surface area contributed by atoms with Gasteiger partial charge in [-0.05, 0) is 30.2 Å². The van der Waals surface area contributed by atoms with Crippen LogP contribution in [0.3, 0.4) is 0 Å². The van der Waals surface area contributed by atoms with E-state index in [4.69, 9.17) is 0 Å². The maximum absolute atomic E-state index is 13.8. The van der Waals surface area contributed by atoms with Gasteiger partial charge in [0.15, 0.2) is 5.67 Å². The van der Waals surface area contributed by atoms with Crippen LogP contribution < -0.4 is 5.32 Å². The van der Waals surface area contributed by atoms with Gasteiger partial charge in [0.1, 0.15) is 5.82 Å². The minimum Gasteiger partial charge on any atom is -0.310 e. The lowest BCUT2D eigenvalue weighted by molar-refractivity contribution is 0.0883. The molecule has 0 amide bonds. The first-order valence-electron chi connectivity index (χ1n) is 4.28. The Labute approximate surface area is 75.8 Å². The van der Waals surface area contributed by atoms with Gasteiger partial charge < -0.3 is 5.32 Å². The second kappa shape index (κ2) is 2.77. The van der Waals surface area contributed by atoms with E-state index in [0.29, 0.717) is 24.2 Å². The molecule has 0 spiro atoms. The van der Waals surface area contributed by atoms with E-state index in [1.807, 2.05) is 0 Å². The molecule has 1 heterocycles. The van der Waals surface area contributed by atoms with E-state index in [2.05, 4.69) is 5.32 Å². The highest BCUT2D eigenvalue weighted by molar-refractivity contribution is 5.34. The molecule has 2 rings (SSSR count). The lowest BCUT2D eigenvalue weighted by Crippen LogP contribution is -2.54. The van der Waals surface area contributed by atoms with E-state index < -0.39 is 5.67 Å². The summed E-state index contributed by atoms with van der Waals surface area (Å²) in [7, 11) is 0. The van der Waals surface area contributed by atoms with Crippen molar-refractivity contribution < 1.29 is 8.78 Å². The van der Waals surface area contributed by atoms with Crippen LogP contribution in [0, 0.1) is 12.7 Å². The van der Waals surface area contributed by atoms with Gasteiger partial charge in [-0.25, -0.2) is 8.78 Å². The van der Waals surface area contributed by atoms with Crippen LogP contribution in [0.5, 0.6) is 0 Å². The van der Waals surface area contributed by atoms with Gasteiger partial charge in [0, 0.05) is 13.1 Å². The van der Waals surface area contributed by atoms with Gasteiger partial charge in [0.05, 0.1) is 0 Å². The van der Waals surface area contributed by atoms with Gasteiger partial charge in [0.2, 0.25) is 0 Å². The Bertz CT molecular complexity index is 332. The Hall–Kier alpha value is -0.960. The third-order valence-electron chi connectivity index (χ3n) is 2.48. The first kappa shape index (κ1) is 8.63. The maximum Gasteiger partial charge on any atom is 0.160 e. The standard InChI is InChI=1S/C10H11F2N/c1-7-4-8(11)2-3-9(7)10(12)5-13-6-10/h2-4,13H,5-6H2,1H3. The van der Waals surface area contributed by atoms with E-state index in [-0.39, 0.29) is 5.82 Å². The zero-order valence-corrected chi connectivity index (χ0v) is 7.40. The van der Waals surface area contributed by atoms with Crippen LogP contribution in [0.25, 0.3) is 0 Å². The fourth-order valence-electron chi connectivity index (χ4n) is 1.66. The number of hydrogen-bond donors (Lipinski definition) is 1. The van der Waals surface area contributed by atoms with Gasteiger partial charge in [-0.3, -0.25) is 0 Å². The lowest BCUT2D eigenvalue weighted by Gasteiger charge is -2.36. The molecule has 1 aliphatic heterocycles. The summed E-state index contributed by atoms with van der Waals surface area (Å²) in [5.74, 6) is -0.308. The molecular weight excluding hydrogens is 172 g/mol. The van der Waals surface area contributed by atoms with Crippen LogP contribution in [-0.4, -0.2) is 13.1 Å². The van der Waals surface area contributed by atoms with E-state index in [1.165, 1.54) is 18.2 Å². The molecule has 1 fully saturated rings. The number of benzene rings is 1. The number of nitrogens with one attached hydrogen (secondary N) is 1. The van der Waals surface area contributed by atoms with Crippen LogP contribution in [0.1, 0.15) is 11.1 Å². The van der Waals surface area contributed by atoms with E-state index >= 15 is 0 Å². The SMILES string of the molecule is Cc1cc(F)ccc1C1(F)CNC1. The first-order chi connectivity index (χ1) is 6.12. The summed E-state index contributed by atoms with van der Waals surface area (Å²) in [4.78, 5) is 0. The van der Waals surface area contributed by atoms with E-state index in [0.717, 1.165) is 0 Å². The highest BCUT2D eigenvalue weighted by atomic mass is 19.1. The van der Waals surface area contributed by atoms with Crippen molar-refractivity contribution in [2.75, 3.05) is 13.1 Å². The fourth-order valence-corrected chi connectivity index (χ4v) is 1.66. The molecule has 70 valence electrons. The van der Waals surface area contributed by atoms with Crippen LogP contribution >= 0.6 is 0 Å². The highest BCUT2D eigenvalue weighted by Crippen LogP contribution is 2.32. The van der Waals surface area contributed by atoms with Crippen molar-refractivity contribution in [2.24, 2.45) is 0 Å². The molecule has 0 bridgehead atoms. The average Bonchev–Trinajstić information content (AvgIpc) is 2.00. The van der Waals surface area contributed by atoms with Crippen molar-refractivity contribution in [1.82, 2.24) is 5.32 Å².